The van der Waals surface area contributed by atoms with Crippen molar-refractivity contribution in [2.24, 2.45) is 0 Å². The minimum Gasteiger partial charge on any atom is -0.486 e. The molecular weight excluding hydrogens is 356 g/mol. The molecule has 2 N–H and O–H groups in total. The molecule has 1 heterocycles. The molecule has 0 unspecified atom stereocenters. The van der Waals surface area contributed by atoms with Gasteiger partial charge in [-0.25, -0.2) is 8.42 Å². The van der Waals surface area contributed by atoms with Crippen molar-refractivity contribution in [2.75, 3.05) is 23.3 Å². The fourth-order valence-corrected chi connectivity index (χ4v) is 4.15. The lowest BCUT2D eigenvalue weighted by Gasteiger charge is -2.21. The molecule has 0 saturated heterocycles. The van der Waals surface area contributed by atoms with Gasteiger partial charge in [0.15, 0.2) is 11.5 Å². The summed E-state index contributed by atoms with van der Waals surface area (Å²) in [4.78, 5) is 12.7. The summed E-state index contributed by atoms with van der Waals surface area (Å²) in [6.07, 6.45) is 1.30. The van der Waals surface area contributed by atoms with Gasteiger partial charge in [0.25, 0.3) is 5.91 Å². The highest BCUT2D eigenvalue weighted by Gasteiger charge is 2.36. The Labute approximate surface area is 151 Å². The van der Waals surface area contributed by atoms with Crippen LogP contribution in [0.5, 0.6) is 11.5 Å². The van der Waals surface area contributed by atoms with Crippen LogP contribution in [0.4, 0.5) is 11.4 Å². The topological polar surface area (TPSA) is 93.7 Å². The third kappa shape index (κ3) is 3.32. The van der Waals surface area contributed by atoms with E-state index in [2.05, 4.69) is 10.0 Å². The fraction of sp³-hybridized carbons (Fsp3) is 0.278. The lowest BCUT2D eigenvalue weighted by molar-refractivity contribution is 0.102. The Hall–Kier alpha value is -2.74. The summed E-state index contributed by atoms with van der Waals surface area (Å²) in [5.74, 6) is 0.613. The van der Waals surface area contributed by atoms with Crippen molar-refractivity contribution in [3.05, 3.63) is 48.0 Å². The molecule has 136 valence electrons. The largest absolute Gasteiger partial charge is 0.486 e. The van der Waals surface area contributed by atoms with E-state index in [9.17, 15) is 13.2 Å². The van der Waals surface area contributed by atoms with Gasteiger partial charge in [0.05, 0.1) is 22.2 Å². The number of rotatable bonds is 5. The predicted molar refractivity (Wildman–Crippen MR) is 97.4 cm³/mol. The zero-order valence-electron chi connectivity index (χ0n) is 13.9. The fourth-order valence-electron chi connectivity index (χ4n) is 2.75. The van der Waals surface area contributed by atoms with Gasteiger partial charge in [-0.3, -0.25) is 9.52 Å². The maximum Gasteiger partial charge on any atom is 0.257 e. The standard InChI is InChI=1S/C18H18N2O5S/c21-18(19-15-6-3-7-16-17(15)25-11-10-24-16)13-4-1-2-5-14(13)20-26(22,23)12-8-9-12/h1-7,12,20H,8-11H2,(H,19,21). The maximum absolute atomic E-state index is 12.7. The zero-order valence-corrected chi connectivity index (χ0v) is 14.7. The van der Waals surface area contributed by atoms with Gasteiger partial charge in [0, 0.05) is 0 Å². The van der Waals surface area contributed by atoms with Crippen molar-refractivity contribution >= 4 is 27.3 Å². The first-order chi connectivity index (χ1) is 12.5. The van der Waals surface area contributed by atoms with Crippen molar-refractivity contribution in [2.45, 2.75) is 18.1 Å². The molecule has 2 aliphatic rings. The molecule has 4 rings (SSSR count). The first-order valence-electron chi connectivity index (χ1n) is 8.35. The Morgan fingerprint density at radius 2 is 1.69 bits per heavy atom. The van der Waals surface area contributed by atoms with Gasteiger partial charge >= 0.3 is 0 Å². The van der Waals surface area contributed by atoms with Crippen LogP contribution >= 0.6 is 0 Å². The first kappa shape index (κ1) is 16.7. The van der Waals surface area contributed by atoms with E-state index >= 15 is 0 Å². The second-order valence-corrected chi connectivity index (χ2v) is 8.14. The minimum absolute atomic E-state index is 0.242. The summed E-state index contributed by atoms with van der Waals surface area (Å²) >= 11 is 0. The molecule has 0 atom stereocenters. The number of hydrogen-bond donors (Lipinski definition) is 2. The van der Waals surface area contributed by atoms with E-state index < -0.39 is 15.9 Å². The van der Waals surface area contributed by atoms with Crippen LogP contribution in [-0.2, 0) is 10.0 Å². The zero-order chi connectivity index (χ0) is 18.1. The summed E-state index contributed by atoms with van der Waals surface area (Å²) in [6, 6.07) is 11.8. The van der Waals surface area contributed by atoms with Crippen molar-refractivity contribution in [1.29, 1.82) is 0 Å². The lowest BCUT2D eigenvalue weighted by atomic mass is 10.1. The van der Waals surface area contributed by atoms with E-state index in [-0.39, 0.29) is 16.5 Å². The van der Waals surface area contributed by atoms with Gasteiger partial charge in [-0.05, 0) is 37.1 Å². The average Bonchev–Trinajstić information content (AvgIpc) is 3.48. The van der Waals surface area contributed by atoms with Crippen LogP contribution in [0.3, 0.4) is 0 Å². The maximum atomic E-state index is 12.7. The summed E-state index contributed by atoms with van der Waals surface area (Å²) in [6.45, 7) is 0.855. The van der Waals surface area contributed by atoms with Gasteiger partial charge in [-0.1, -0.05) is 18.2 Å². The molecule has 8 heteroatoms. The Kier molecular flexibility index (Phi) is 4.20. The SMILES string of the molecule is O=C(Nc1cccc2c1OCCO2)c1ccccc1NS(=O)(=O)C1CC1. The van der Waals surface area contributed by atoms with Crippen molar-refractivity contribution in [1.82, 2.24) is 0 Å². The van der Waals surface area contributed by atoms with E-state index in [4.69, 9.17) is 9.47 Å². The normalized spacial score (nSPS) is 16.0. The van der Waals surface area contributed by atoms with Crippen molar-refractivity contribution in [3.8, 4) is 11.5 Å². The minimum atomic E-state index is -3.46. The Balaban J connectivity index is 1.60. The first-order valence-corrected chi connectivity index (χ1v) is 9.90. The lowest BCUT2D eigenvalue weighted by Crippen LogP contribution is -2.22. The predicted octanol–water partition coefficient (Wildman–Crippen LogP) is 2.61. The Morgan fingerprint density at radius 3 is 2.50 bits per heavy atom. The quantitative estimate of drug-likeness (QED) is 0.839. The van der Waals surface area contributed by atoms with E-state index in [0.717, 1.165) is 0 Å². The molecule has 0 bridgehead atoms. The van der Waals surface area contributed by atoms with Crippen LogP contribution < -0.4 is 19.5 Å². The molecular formula is C18H18N2O5S. The van der Waals surface area contributed by atoms with Crippen LogP contribution in [0.2, 0.25) is 0 Å². The summed E-state index contributed by atoms with van der Waals surface area (Å²) in [7, 11) is -3.46. The molecule has 2 aromatic carbocycles. The van der Waals surface area contributed by atoms with Crippen LogP contribution in [0.25, 0.3) is 0 Å². The number of carbonyl (C=O) groups is 1. The number of nitrogens with one attached hydrogen (secondary N) is 2. The number of para-hydroxylation sites is 2. The number of sulfonamides is 1. The molecule has 2 aromatic rings. The van der Waals surface area contributed by atoms with Gasteiger partial charge in [0.1, 0.15) is 13.2 Å². The van der Waals surface area contributed by atoms with E-state index in [0.29, 0.717) is 43.2 Å². The molecule has 0 radical (unpaired) electrons. The van der Waals surface area contributed by atoms with Crippen LogP contribution in [-0.4, -0.2) is 32.8 Å². The molecule has 1 aliphatic carbocycles. The van der Waals surface area contributed by atoms with Gasteiger partial charge < -0.3 is 14.8 Å². The molecule has 1 amide bonds. The van der Waals surface area contributed by atoms with E-state index in [1.165, 1.54) is 0 Å². The molecule has 1 saturated carbocycles. The molecule has 26 heavy (non-hydrogen) atoms. The van der Waals surface area contributed by atoms with E-state index in [1.54, 1.807) is 42.5 Å². The van der Waals surface area contributed by atoms with Crippen LogP contribution in [0.15, 0.2) is 42.5 Å². The van der Waals surface area contributed by atoms with Crippen molar-refractivity contribution < 1.29 is 22.7 Å². The average molecular weight is 374 g/mol. The highest BCUT2D eigenvalue weighted by molar-refractivity contribution is 7.93. The van der Waals surface area contributed by atoms with Crippen molar-refractivity contribution in [3.63, 3.8) is 0 Å². The number of benzene rings is 2. The van der Waals surface area contributed by atoms with Gasteiger partial charge in [-0.15, -0.1) is 0 Å². The Bertz CT molecular complexity index is 954. The monoisotopic (exact) mass is 374 g/mol. The highest BCUT2D eigenvalue weighted by atomic mass is 32.2. The number of carbonyl (C=O) groups excluding carboxylic acids is 1. The summed E-state index contributed by atoms with van der Waals surface area (Å²) in [5, 5.41) is 2.41. The number of hydrogen-bond acceptors (Lipinski definition) is 5. The van der Waals surface area contributed by atoms with Crippen LogP contribution in [0.1, 0.15) is 23.2 Å². The molecule has 0 spiro atoms. The second-order valence-electron chi connectivity index (χ2n) is 6.18. The Morgan fingerprint density at radius 1 is 0.962 bits per heavy atom. The van der Waals surface area contributed by atoms with E-state index in [1.807, 2.05) is 0 Å². The highest BCUT2D eigenvalue weighted by Crippen LogP contribution is 2.37. The number of anilines is 2. The van der Waals surface area contributed by atoms with Crippen LogP contribution in [0, 0.1) is 0 Å². The summed E-state index contributed by atoms with van der Waals surface area (Å²) in [5.41, 5.74) is 0.983. The smallest absolute Gasteiger partial charge is 0.257 e. The second kappa shape index (κ2) is 6.53. The number of fused-ring (bicyclic) bond motifs is 1. The van der Waals surface area contributed by atoms with Gasteiger partial charge in [-0.2, -0.15) is 0 Å². The molecule has 0 aromatic heterocycles. The number of ether oxygens (including phenoxy) is 2. The van der Waals surface area contributed by atoms with Gasteiger partial charge in [0.2, 0.25) is 10.0 Å². The molecule has 1 aliphatic heterocycles. The third-order valence-electron chi connectivity index (χ3n) is 4.20. The number of amides is 1. The summed E-state index contributed by atoms with van der Waals surface area (Å²) < 4.78 is 38.0. The third-order valence-corrected chi connectivity index (χ3v) is 6.06. The molecule has 7 nitrogen and oxygen atoms in total. The molecule has 1 fully saturated rings.